The molecule has 0 aliphatic rings. The van der Waals surface area contributed by atoms with Crippen molar-refractivity contribution in [2.75, 3.05) is 4.90 Å². The number of thiophene rings is 1. The summed E-state index contributed by atoms with van der Waals surface area (Å²) in [4.78, 5) is 2.50. The van der Waals surface area contributed by atoms with Gasteiger partial charge in [-0.05, 0) is 80.8 Å². The van der Waals surface area contributed by atoms with Gasteiger partial charge in [-0.2, -0.15) is 0 Å². The Morgan fingerprint density at radius 1 is 0.333 bits per heavy atom. The van der Waals surface area contributed by atoms with E-state index in [1.165, 1.54) is 90.6 Å². The highest BCUT2D eigenvalue weighted by molar-refractivity contribution is 7.25. The molecule has 0 atom stereocenters. The molecule has 0 N–H and O–H groups in total. The molecule has 0 radical (unpaired) electrons. The second-order valence-electron chi connectivity index (χ2n) is 13.7. The van der Waals surface area contributed by atoms with E-state index >= 15 is 0 Å². The summed E-state index contributed by atoms with van der Waals surface area (Å²) in [5, 5.41) is 15.4. The number of nitrogens with zero attached hydrogens (tertiary/aromatic N) is 2. The Bertz CT molecular complexity index is 3350. The zero-order chi connectivity index (χ0) is 33.2. The fraction of sp³-hybridized carbons (Fsp3) is 0. The summed E-state index contributed by atoms with van der Waals surface area (Å²) in [6.07, 6.45) is 0. The van der Waals surface area contributed by atoms with E-state index in [9.17, 15) is 0 Å². The summed E-state index contributed by atoms with van der Waals surface area (Å²) >= 11 is 1.87. The number of aromatic nitrogens is 1. The minimum Gasteiger partial charge on any atom is -0.308 e. The zero-order valence-corrected chi connectivity index (χ0v) is 28.3. The molecule has 12 aromatic rings. The van der Waals surface area contributed by atoms with E-state index in [0.29, 0.717) is 0 Å². The molecule has 0 aliphatic carbocycles. The number of para-hydroxylation sites is 3. The van der Waals surface area contributed by atoms with Crippen LogP contribution in [0.15, 0.2) is 170 Å². The van der Waals surface area contributed by atoms with Crippen molar-refractivity contribution in [2.45, 2.75) is 0 Å². The predicted octanol–water partition coefficient (Wildman–Crippen LogP) is 14.1. The molecule has 0 saturated heterocycles. The maximum atomic E-state index is 2.51. The van der Waals surface area contributed by atoms with Crippen molar-refractivity contribution >= 4 is 119 Å². The predicted molar refractivity (Wildman–Crippen MR) is 221 cm³/mol. The van der Waals surface area contributed by atoms with Crippen molar-refractivity contribution in [3.05, 3.63) is 170 Å². The van der Waals surface area contributed by atoms with Gasteiger partial charge in [-0.1, -0.05) is 121 Å². The normalized spacial score (nSPS) is 12.3. The van der Waals surface area contributed by atoms with Gasteiger partial charge < -0.3 is 9.30 Å². The summed E-state index contributed by atoms with van der Waals surface area (Å²) in [5.41, 5.74) is 7.20. The smallest absolute Gasteiger partial charge is 0.0782 e. The van der Waals surface area contributed by atoms with Crippen molar-refractivity contribution in [3.8, 4) is 0 Å². The van der Waals surface area contributed by atoms with E-state index in [0.717, 1.165) is 17.1 Å². The van der Waals surface area contributed by atoms with Gasteiger partial charge in [-0.3, -0.25) is 0 Å². The average molecular weight is 665 g/mol. The summed E-state index contributed by atoms with van der Waals surface area (Å²) in [5.74, 6) is 0. The first-order valence-corrected chi connectivity index (χ1v) is 18.3. The number of hydrogen-bond donors (Lipinski definition) is 0. The van der Waals surface area contributed by atoms with Gasteiger partial charge in [0.15, 0.2) is 0 Å². The van der Waals surface area contributed by atoms with Crippen LogP contribution in [-0.4, -0.2) is 4.40 Å². The molecule has 236 valence electrons. The standard InChI is InChI=1S/C48H28N2S/c1-2-13-33-31(11-1)32-12-3-4-14-34(32)41-27-29(23-25-35(33)41)49(30-24-26-46-42(28-30)37-16-6-8-22-45(37)51-46)44-21-10-19-40-39-18-9-17-38-36-15-5-7-20-43(36)50(47(38)39)48(40)44/h1-28H. The van der Waals surface area contributed by atoms with E-state index in [1.807, 2.05) is 11.3 Å². The minimum atomic E-state index is 1.14. The van der Waals surface area contributed by atoms with Crippen LogP contribution in [-0.2, 0) is 0 Å². The lowest BCUT2D eigenvalue weighted by molar-refractivity contribution is 1.28. The lowest BCUT2D eigenvalue weighted by Crippen LogP contribution is -2.11. The average Bonchev–Trinajstić information content (AvgIpc) is 3.85. The lowest BCUT2D eigenvalue weighted by Gasteiger charge is -2.27. The Hall–Kier alpha value is -6.42. The highest BCUT2D eigenvalue weighted by atomic mass is 32.1. The van der Waals surface area contributed by atoms with Crippen LogP contribution >= 0.6 is 11.3 Å². The third-order valence-electron chi connectivity index (χ3n) is 11.1. The van der Waals surface area contributed by atoms with Gasteiger partial charge in [0.2, 0.25) is 0 Å². The molecule has 0 spiro atoms. The van der Waals surface area contributed by atoms with Crippen LogP contribution in [0.5, 0.6) is 0 Å². The quantitative estimate of drug-likeness (QED) is 0.171. The maximum Gasteiger partial charge on any atom is 0.0782 e. The van der Waals surface area contributed by atoms with Gasteiger partial charge in [0.05, 0.1) is 22.2 Å². The van der Waals surface area contributed by atoms with Crippen molar-refractivity contribution < 1.29 is 0 Å². The minimum absolute atomic E-state index is 1.14. The van der Waals surface area contributed by atoms with E-state index in [4.69, 9.17) is 0 Å². The third-order valence-corrected chi connectivity index (χ3v) is 12.2. The molecule has 51 heavy (non-hydrogen) atoms. The molecule has 3 heterocycles. The van der Waals surface area contributed by atoms with Crippen molar-refractivity contribution in [1.29, 1.82) is 0 Å². The fourth-order valence-electron chi connectivity index (χ4n) is 8.95. The second kappa shape index (κ2) is 10.1. The van der Waals surface area contributed by atoms with E-state index in [1.54, 1.807) is 0 Å². The van der Waals surface area contributed by atoms with Crippen LogP contribution in [0.25, 0.3) is 90.6 Å². The van der Waals surface area contributed by atoms with Gasteiger partial charge >= 0.3 is 0 Å². The number of anilines is 3. The summed E-state index contributed by atoms with van der Waals surface area (Å²) in [7, 11) is 0. The van der Waals surface area contributed by atoms with Crippen molar-refractivity contribution in [1.82, 2.24) is 4.40 Å². The van der Waals surface area contributed by atoms with Crippen LogP contribution in [0.4, 0.5) is 17.1 Å². The Kier molecular flexibility index (Phi) is 5.41. The van der Waals surface area contributed by atoms with E-state index < -0.39 is 0 Å². The monoisotopic (exact) mass is 664 g/mol. The van der Waals surface area contributed by atoms with Gasteiger partial charge in [0, 0.05) is 53.1 Å². The van der Waals surface area contributed by atoms with Crippen LogP contribution in [0, 0.1) is 0 Å². The number of fused-ring (bicyclic) bond motifs is 15. The van der Waals surface area contributed by atoms with Gasteiger partial charge in [0.25, 0.3) is 0 Å². The molecular formula is C48H28N2S. The molecule has 0 unspecified atom stereocenters. The largest absolute Gasteiger partial charge is 0.308 e. The van der Waals surface area contributed by atoms with Gasteiger partial charge in [-0.25, -0.2) is 0 Å². The molecule has 0 fully saturated rings. The Labute approximate surface area is 296 Å². The van der Waals surface area contributed by atoms with Crippen molar-refractivity contribution in [2.24, 2.45) is 0 Å². The third kappa shape index (κ3) is 3.65. The number of rotatable bonds is 3. The molecule has 0 amide bonds. The van der Waals surface area contributed by atoms with E-state index in [-0.39, 0.29) is 0 Å². The topological polar surface area (TPSA) is 7.65 Å². The number of hydrogen-bond acceptors (Lipinski definition) is 2. The summed E-state index contributed by atoms with van der Waals surface area (Å²) in [6.45, 7) is 0. The first kappa shape index (κ1) is 27.4. The molecule has 12 rings (SSSR count). The molecule has 3 heteroatoms. The maximum absolute atomic E-state index is 2.51. The molecular weight excluding hydrogens is 637 g/mol. The molecule has 3 aromatic heterocycles. The van der Waals surface area contributed by atoms with Crippen LogP contribution in [0.3, 0.4) is 0 Å². The van der Waals surface area contributed by atoms with Gasteiger partial charge in [0.1, 0.15) is 0 Å². The summed E-state index contributed by atoms with van der Waals surface area (Å²) < 4.78 is 5.14. The van der Waals surface area contributed by atoms with Crippen LogP contribution in [0.2, 0.25) is 0 Å². The molecule has 0 saturated carbocycles. The first-order chi connectivity index (χ1) is 25.3. The first-order valence-electron chi connectivity index (χ1n) is 17.5. The fourth-order valence-corrected chi connectivity index (χ4v) is 10.0. The lowest BCUT2D eigenvalue weighted by atomic mass is 9.94. The Morgan fingerprint density at radius 3 is 1.57 bits per heavy atom. The highest BCUT2D eigenvalue weighted by Gasteiger charge is 2.24. The Balaban J connectivity index is 1.23. The van der Waals surface area contributed by atoms with Crippen LogP contribution in [0.1, 0.15) is 0 Å². The van der Waals surface area contributed by atoms with Crippen molar-refractivity contribution in [3.63, 3.8) is 0 Å². The molecule has 0 aliphatic heterocycles. The molecule has 2 nitrogen and oxygen atoms in total. The SMILES string of the molecule is c1ccc2c(c1)sc1ccc(N(c3ccc4c5ccccc5c5ccccc5c4c3)c3cccc4c5cccc6c7ccccc7n(c34)c65)cc12. The molecule has 0 bridgehead atoms. The summed E-state index contributed by atoms with van der Waals surface area (Å²) in [6, 6.07) is 63.1. The molecule has 9 aromatic carbocycles. The van der Waals surface area contributed by atoms with E-state index in [2.05, 4.69) is 179 Å². The second-order valence-corrected chi connectivity index (χ2v) is 14.7. The van der Waals surface area contributed by atoms with Gasteiger partial charge in [-0.15, -0.1) is 11.3 Å². The van der Waals surface area contributed by atoms with Crippen LogP contribution < -0.4 is 4.90 Å². The Morgan fingerprint density at radius 2 is 0.824 bits per heavy atom. The zero-order valence-electron chi connectivity index (χ0n) is 27.5. The highest BCUT2D eigenvalue weighted by Crippen LogP contribution is 2.48. The number of benzene rings is 9.